The van der Waals surface area contributed by atoms with Gasteiger partial charge in [-0.2, -0.15) is 0 Å². The molecular weight excluding hydrogens is 491 g/mol. The van der Waals surface area contributed by atoms with Crippen LogP contribution in [0.5, 0.6) is 0 Å². The minimum Gasteiger partial charge on any atom is -0.748 e. The van der Waals surface area contributed by atoms with Crippen LogP contribution in [0.3, 0.4) is 0 Å². The second-order valence-electron chi connectivity index (χ2n) is 9.15. The minimum atomic E-state index is -4.43. The van der Waals surface area contributed by atoms with Gasteiger partial charge in [-0.25, -0.2) is 18.0 Å². The van der Waals surface area contributed by atoms with E-state index >= 15 is 0 Å². The second-order valence-corrected chi connectivity index (χ2v) is 10.9. The Hall–Kier alpha value is -0.930. The molecule has 9 heteroatoms. The van der Waals surface area contributed by atoms with Crippen molar-refractivity contribution in [1.29, 1.82) is 0 Å². The van der Waals surface area contributed by atoms with Crippen LogP contribution in [0.25, 0.3) is 0 Å². The van der Waals surface area contributed by atoms with Crippen LogP contribution in [0.1, 0.15) is 124 Å². The van der Waals surface area contributed by atoms with E-state index < -0.39 is 27.3 Å². The Labute approximate surface area is 240 Å². The molecule has 0 spiro atoms. The molecule has 0 saturated heterocycles. The molecule has 1 unspecified atom stereocenters. The Morgan fingerprint density at radius 2 is 1.14 bits per heavy atom. The number of hydrogen-bond acceptors (Lipinski definition) is 7. The molecular formula is C27H43NaO7S. The molecule has 0 bridgehead atoms. The molecule has 0 aromatic heterocycles. The maximum absolute atomic E-state index is 12.5. The Morgan fingerprint density at radius 1 is 0.750 bits per heavy atom. The first kappa shape index (κ1) is 35.1. The van der Waals surface area contributed by atoms with Crippen LogP contribution in [0.15, 0.2) is 24.3 Å². The maximum atomic E-state index is 12.5. The first-order valence-electron chi connectivity index (χ1n) is 13.1. The maximum Gasteiger partial charge on any atom is 1.00 e. The number of carbonyl (C=O) groups is 2. The summed E-state index contributed by atoms with van der Waals surface area (Å²) in [4.78, 5) is 24.8. The van der Waals surface area contributed by atoms with Gasteiger partial charge >= 0.3 is 41.5 Å². The molecule has 1 rings (SSSR count). The van der Waals surface area contributed by atoms with Crippen LogP contribution in [0.2, 0.25) is 0 Å². The standard InChI is InChI=1S/C27H44O7S.Na/c1-3-4-5-6-7-8-9-10-11-12-13-14-17-21-33-26(28)24-18-15-16-19-25(24)27(29)34-22-20-23(2)35(30,31)32;/h15-16,18-19,23H,3-14,17,20-22H2,1-2H3,(H,30,31,32);/q;+1/p-1. The SMILES string of the molecule is CCCCCCCCCCCCCCCOC(=O)c1ccccc1C(=O)OCCC(C)S(=O)(=O)[O-].[Na+]. The molecule has 0 N–H and O–H groups in total. The predicted octanol–water partition coefficient (Wildman–Crippen LogP) is 3.42. The summed E-state index contributed by atoms with van der Waals surface area (Å²) in [7, 11) is -4.43. The van der Waals surface area contributed by atoms with Gasteiger partial charge in [-0.3, -0.25) is 0 Å². The van der Waals surface area contributed by atoms with Gasteiger partial charge < -0.3 is 14.0 Å². The molecule has 0 aliphatic rings. The molecule has 0 radical (unpaired) electrons. The normalized spacial score (nSPS) is 12.0. The van der Waals surface area contributed by atoms with Gasteiger partial charge in [0.15, 0.2) is 0 Å². The molecule has 200 valence electrons. The third kappa shape index (κ3) is 16.0. The van der Waals surface area contributed by atoms with Gasteiger partial charge in [0.25, 0.3) is 0 Å². The van der Waals surface area contributed by atoms with Gasteiger partial charge in [0.2, 0.25) is 0 Å². The number of unbranched alkanes of at least 4 members (excludes halogenated alkanes) is 12. The molecule has 7 nitrogen and oxygen atoms in total. The number of carbonyl (C=O) groups excluding carboxylic acids is 2. The zero-order valence-corrected chi connectivity index (χ0v) is 25.3. The van der Waals surface area contributed by atoms with Crippen molar-refractivity contribution in [3.05, 3.63) is 35.4 Å². The summed E-state index contributed by atoms with van der Waals surface area (Å²) in [6.07, 6.45) is 15.9. The van der Waals surface area contributed by atoms with Crippen molar-refractivity contribution in [1.82, 2.24) is 0 Å². The third-order valence-corrected chi connectivity index (χ3v) is 7.32. The van der Waals surface area contributed by atoms with Gasteiger partial charge in [-0.15, -0.1) is 0 Å². The molecule has 1 aromatic carbocycles. The molecule has 0 heterocycles. The van der Waals surface area contributed by atoms with Crippen LogP contribution < -0.4 is 29.6 Å². The number of hydrogen-bond donors (Lipinski definition) is 0. The van der Waals surface area contributed by atoms with E-state index in [1.54, 1.807) is 12.1 Å². The summed E-state index contributed by atoms with van der Waals surface area (Å²) >= 11 is 0. The van der Waals surface area contributed by atoms with Gasteiger partial charge in [-0.1, -0.05) is 96.1 Å². The summed E-state index contributed by atoms with van der Waals surface area (Å²) in [5.41, 5.74) is 0.164. The Kier molecular flexibility index (Phi) is 20.5. The van der Waals surface area contributed by atoms with E-state index in [1.165, 1.54) is 83.3 Å². The fourth-order valence-corrected chi connectivity index (χ4v) is 4.13. The van der Waals surface area contributed by atoms with Crippen LogP contribution in [-0.4, -0.2) is 43.4 Å². The van der Waals surface area contributed by atoms with E-state index in [0.717, 1.165) is 19.3 Å². The molecule has 1 atom stereocenters. The molecule has 0 aliphatic carbocycles. The second kappa shape index (κ2) is 21.1. The Bertz CT molecular complexity index is 842. The summed E-state index contributed by atoms with van der Waals surface area (Å²) in [5, 5.41) is -1.16. The zero-order chi connectivity index (χ0) is 25.9. The van der Waals surface area contributed by atoms with E-state index in [0.29, 0.717) is 6.61 Å². The van der Waals surface area contributed by atoms with E-state index in [1.807, 2.05) is 0 Å². The molecule has 0 aliphatic heterocycles. The average Bonchev–Trinajstić information content (AvgIpc) is 2.83. The number of esters is 2. The van der Waals surface area contributed by atoms with Crippen LogP contribution in [-0.2, 0) is 19.6 Å². The van der Waals surface area contributed by atoms with Crippen LogP contribution >= 0.6 is 0 Å². The van der Waals surface area contributed by atoms with Gasteiger partial charge in [-0.05, 0) is 31.9 Å². The van der Waals surface area contributed by atoms with E-state index in [9.17, 15) is 22.6 Å². The molecule has 36 heavy (non-hydrogen) atoms. The average molecular weight is 535 g/mol. The summed E-state index contributed by atoms with van der Waals surface area (Å²) in [6.45, 7) is 3.56. The molecule has 0 amide bonds. The quantitative estimate of drug-likeness (QED) is 0.109. The smallest absolute Gasteiger partial charge is 0.748 e. The number of benzene rings is 1. The Morgan fingerprint density at radius 3 is 1.56 bits per heavy atom. The summed E-state index contributed by atoms with van der Waals surface area (Å²) in [6, 6.07) is 6.18. The van der Waals surface area contributed by atoms with E-state index in [-0.39, 0.29) is 53.7 Å². The van der Waals surface area contributed by atoms with Crippen molar-refractivity contribution in [2.45, 2.75) is 109 Å². The molecule has 0 fully saturated rings. The van der Waals surface area contributed by atoms with E-state index in [4.69, 9.17) is 9.47 Å². The van der Waals surface area contributed by atoms with Gasteiger partial charge in [0.05, 0.1) is 34.5 Å². The Balaban J connectivity index is 0.0000122. The molecule has 1 aromatic rings. The fraction of sp³-hybridized carbons (Fsp3) is 0.704. The van der Waals surface area contributed by atoms with Crippen LogP contribution in [0, 0.1) is 0 Å². The first-order chi connectivity index (χ1) is 16.8. The summed E-state index contributed by atoms with van der Waals surface area (Å²) in [5.74, 6) is -1.35. The number of ether oxygens (including phenoxy) is 2. The monoisotopic (exact) mass is 534 g/mol. The van der Waals surface area contributed by atoms with Crippen molar-refractivity contribution < 1.29 is 61.6 Å². The van der Waals surface area contributed by atoms with Gasteiger partial charge in [0, 0.05) is 5.25 Å². The third-order valence-electron chi connectivity index (χ3n) is 6.10. The largest absolute Gasteiger partial charge is 1.00 e. The van der Waals surface area contributed by atoms with Crippen LogP contribution in [0.4, 0.5) is 0 Å². The predicted molar refractivity (Wildman–Crippen MR) is 136 cm³/mol. The zero-order valence-electron chi connectivity index (χ0n) is 22.5. The first-order valence-corrected chi connectivity index (χ1v) is 14.6. The number of rotatable bonds is 20. The summed E-state index contributed by atoms with van der Waals surface area (Å²) < 4.78 is 43.2. The molecule has 0 saturated carbocycles. The van der Waals surface area contributed by atoms with Crippen molar-refractivity contribution >= 4 is 22.1 Å². The topological polar surface area (TPSA) is 110 Å². The van der Waals surface area contributed by atoms with E-state index in [2.05, 4.69) is 6.92 Å². The minimum absolute atomic E-state index is 0. The van der Waals surface area contributed by atoms with Crippen molar-refractivity contribution in [2.75, 3.05) is 13.2 Å². The van der Waals surface area contributed by atoms with Crippen molar-refractivity contribution in [2.24, 2.45) is 0 Å². The van der Waals surface area contributed by atoms with Crippen molar-refractivity contribution in [3.8, 4) is 0 Å². The fourth-order valence-electron chi connectivity index (χ4n) is 3.74. The van der Waals surface area contributed by atoms with Crippen molar-refractivity contribution in [3.63, 3.8) is 0 Å². The van der Waals surface area contributed by atoms with Gasteiger partial charge in [0.1, 0.15) is 0 Å².